The first kappa shape index (κ1) is 19.2. The number of nitrogens with zero attached hydrogens (tertiary/aromatic N) is 2. The van der Waals surface area contributed by atoms with Crippen molar-refractivity contribution in [2.45, 2.75) is 11.8 Å². The molecule has 0 saturated heterocycles. The lowest BCUT2D eigenvalue weighted by atomic mass is 10.1. The fraction of sp³-hybridized carbons (Fsp3) is 0.158. The van der Waals surface area contributed by atoms with E-state index in [1.165, 1.54) is 49.7 Å². The van der Waals surface area contributed by atoms with E-state index in [-0.39, 0.29) is 10.8 Å². The zero-order valence-electron chi connectivity index (χ0n) is 15.1. The second kappa shape index (κ2) is 7.59. The molecule has 0 radical (unpaired) electrons. The number of hydrogen-bond acceptors (Lipinski definition) is 5. The molecule has 140 valence electrons. The predicted octanol–water partition coefficient (Wildman–Crippen LogP) is 3.62. The molecule has 1 heterocycles. The average molecular weight is 402 g/mol. The fourth-order valence-electron chi connectivity index (χ4n) is 2.47. The number of hydrogen-bond donors (Lipinski definition) is 1. The summed E-state index contributed by atoms with van der Waals surface area (Å²) in [5.74, 6) is -0.336. The molecule has 3 rings (SSSR count). The van der Waals surface area contributed by atoms with E-state index in [1.54, 1.807) is 0 Å². The van der Waals surface area contributed by atoms with E-state index in [4.69, 9.17) is 0 Å². The molecule has 3 aromatic rings. The number of carbonyl (C=O) groups is 1. The molecule has 0 spiro atoms. The quantitative estimate of drug-likeness (QED) is 0.708. The first-order chi connectivity index (χ1) is 12.8. The van der Waals surface area contributed by atoms with Crippen molar-refractivity contribution in [3.05, 3.63) is 65.0 Å². The van der Waals surface area contributed by atoms with Crippen LogP contribution in [-0.2, 0) is 10.0 Å². The molecule has 1 amide bonds. The van der Waals surface area contributed by atoms with Crippen molar-refractivity contribution in [2.24, 2.45) is 0 Å². The van der Waals surface area contributed by atoms with Gasteiger partial charge < -0.3 is 0 Å². The number of rotatable bonds is 5. The SMILES string of the molecule is Cc1sc(NC(=O)c2ccc(S(=O)(=O)N(C)C)cc2)nc1-c1ccccc1. The molecule has 0 aliphatic carbocycles. The van der Waals surface area contributed by atoms with Crippen LogP contribution in [0.4, 0.5) is 5.13 Å². The minimum atomic E-state index is -3.52. The Morgan fingerprint density at radius 3 is 2.26 bits per heavy atom. The molecule has 8 heteroatoms. The van der Waals surface area contributed by atoms with Crippen molar-refractivity contribution in [1.29, 1.82) is 0 Å². The Morgan fingerprint density at radius 2 is 1.67 bits per heavy atom. The summed E-state index contributed by atoms with van der Waals surface area (Å²) in [7, 11) is -0.593. The zero-order chi connectivity index (χ0) is 19.6. The van der Waals surface area contributed by atoms with Gasteiger partial charge in [-0.15, -0.1) is 11.3 Å². The van der Waals surface area contributed by atoms with Gasteiger partial charge in [0.1, 0.15) is 0 Å². The highest BCUT2D eigenvalue weighted by atomic mass is 32.2. The Bertz CT molecular complexity index is 1060. The fourth-order valence-corrected chi connectivity index (χ4v) is 4.20. The first-order valence-electron chi connectivity index (χ1n) is 8.16. The molecule has 0 bridgehead atoms. The van der Waals surface area contributed by atoms with Crippen molar-refractivity contribution in [3.63, 3.8) is 0 Å². The third kappa shape index (κ3) is 4.08. The molecular formula is C19H19N3O3S2. The first-order valence-corrected chi connectivity index (χ1v) is 10.4. The van der Waals surface area contributed by atoms with Crippen LogP contribution in [-0.4, -0.2) is 37.7 Å². The van der Waals surface area contributed by atoms with E-state index in [0.29, 0.717) is 10.7 Å². The van der Waals surface area contributed by atoms with E-state index in [9.17, 15) is 13.2 Å². The standard InChI is InChI=1S/C19H19N3O3S2/c1-13-17(14-7-5-4-6-8-14)20-19(26-13)21-18(23)15-9-11-16(12-10-15)27(24,25)22(2)3/h4-12H,1-3H3,(H,20,21,23). The van der Waals surface area contributed by atoms with Gasteiger partial charge in [-0.2, -0.15) is 0 Å². The molecule has 2 aromatic carbocycles. The zero-order valence-corrected chi connectivity index (χ0v) is 16.8. The summed E-state index contributed by atoms with van der Waals surface area (Å²) in [4.78, 5) is 18.1. The highest BCUT2D eigenvalue weighted by molar-refractivity contribution is 7.89. The van der Waals surface area contributed by atoms with Crippen molar-refractivity contribution < 1.29 is 13.2 Å². The van der Waals surface area contributed by atoms with Gasteiger partial charge in [0.05, 0.1) is 10.6 Å². The van der Waals surface area contributed by atoms with Crippen molar-refractivity contribution in [1.82, 2.24) is 9.29 Å². The minimum absolute atomic E-state index is 0.139. The highest BCUT2D eigenvalue weighted by Gasteiger charge is 2.18. The van der Waals surface area contributed by atoms with Crippen LogP contribution in [0, 0.1) is 6.92 Å². The second-order valence-electron chi connectivity index (χ2n) is 6.06. The van der Waals surface area contributed by atoms with Crippen LogP contribution in [0.3, 0.4) is 0 Å². The predicted molar refractivity (Wildman–Crippen MR) is 108 cm³/mol. The summed E-state index contributed by atoms with van der Waals surface area (Å²) < 4.78 is 25.3. The molecule has 1 aromatic heterocycles. The van der Waals surface area contributed by atoms with Crippen LogP contribution >= 0.6 is 11.3 Å². The van der Waals surface area contributed by atoms with Gasteiger partial charge in [0.2, 0.25) is 10.0 Å². The monoisotopic (exact) mass is 401 g/mol. The van der Waals surface area contributed by atoms with Gasteiger partial charge in [-0.05, 0) is 31.2 Å². The minimum Gasteiger partial charge on any atom is -0.298 e. The van der Waals surface area contributed by atoms with Gasteiger partial charge in [-0.1, -0.05) is 30.3 Å². The summed E-state index contributed by atoms with van der Waals surface area (Å²) in [6.07, 6.45) is 0. The number of anilines is 1. The smallest absolute Gasteiger partial charge is 0.257 e. The molecular weight excluding hydrogens is 382 g/mol. The van der Waals surface area contributed by atoms with Gasteiger partial charge in [-0.3, -0.25) is 10.1 Å². The molecule has 27 heavy (non-hydrogen) atoms. The number of nitrogens with one attached hydrogen (secondary N) is 1. The molecule has 1 N–H and O–H groups in total. The van der Waals surface area contributed by atoms with Crippen molar-refractivity contribution in [3.8, 4) is 11.3 Å². The second-order valence-corrected chi connectivity index (χ2v) is 9.41. The third-order valence-corrected chi connectivity index (χ3v) is 6.67. The maximum absolute atomic E-state index is 12.5. The average Bonchev–Trinajstić information content (AvgIpc) is 3.02. The van der Waals surface area contributed by atoms with Gasteiger partial charge >= 0.3 is 0 Å². The molecule has 0 fully saturated rings. The Morgan fingerprint density at radius 1 is 1.04 bits per heavy atom. The summed E-state index contributed by atoms with van der Waals surface area (Å²) in [6, 6.07) is 15.6. The van der Waals surface area contributed by atoms with Gasteiger partial charge in [0.25, 0.3) is 5.91 Å². The van der Waals surface area contributed by atoms with E-state index in [2.05, 4.69) is 10.3 Å². The number of amides is 1. The number of aryl methyl sites for hydroxylation is 1. The van der Waals surface area contributed by atoms with Crippen LogP contribution in [0.1, 0.15) is 15.2 Å². The van der Waals surface area contributed by atoms with Crippen LogP contribution in [0.25, 0.3) is 11.3 Å². The Hall–Kier alpha value is -2.55. The van der Waals surface area contributed by atoms with Crippen molar-refractivity contribution in [2.75, 3.05) is 19.4 Å². The lowest BCUT2D eigenvalue weighted by Gasteiger charge is -2.11. The summed E-state index contributed by atoms with van der Waals surface area (Å²) in [5.41, 5.74) is 2.19. The largest absolute Gasteiger partial charge is 0.298 e. The van der Waals surface area contributed by atoms with Gasteiger partial charge in [0.15, 0.2) is 5.13 Å². The summed E-state index contributed by atoms with van der Waals surface area (Å²) >= 11 is 1.40. The van der Waals surface area contributed by atoms with Crippen LogP contribution in [0.5, 0.6) is 0 Å². The topological polar surface area (TPSA) is 79.4 Å². The molecule has 0 saturated carbocycles. The normalized spacial score (nSPS) is 11.6. The highest BCUT2D eigenvalue weighted by Crippen LogP contribution is 2.30. The van der Waals surface area contributed by atoms with Crippen LogP contribution < -0.4 is 5.32 Å². The Kier molecular flexibility index (Phi) is 5.41. The third-order valence-electron chi connectivity index (χ3n) is 3.96. The molecule has 0 aliphatic heterocycles. The lowest BCUT2D eigenvalue weighted by molar-refractivity contribution is 0.102. The number of thiazole rings is 1. The molecule has 6 nitrogen and oxygen atoms in total. The number of aromatic nitrogens is 1. The number of sulfonamides is 1. The van der Waals surface area contributed by atoms with E-state index in [1.807, 2.05) is 37.3 Å². The molecule has 0 atom stereocenters. The molecule has 0 unspecified atom stereocenters. The van der Waals surface area contributed by atoms with Crippen molar-refractivity contribution >= 4 is 32.4 Å². The number of carbonyl (C=O) groups excluding carboxylic acids is 1. The van der Waals surface area contributed by atoms with Gasteiger partial charge in [-0.25, -0.2) is 17.7 Å². The maximum atomic E-state index is 12.5. The van der Waals surface area contributed by atoms with E-state index in [0.717, 1.165) is 20.4 Å². The summed E-state index contributed by atoms with van der Waals surface area (Å²) in [5, 5.41) is 3.28. The Balaban J connectivity index is 1.78. The van der Waals surface area contributed by atoms with E-state index < -0.39 is 10.0 Å². The summed E-state index contributed by atoms with van der Waals surface area (Å²) in [6.45, 7) is 1.95. The van der Waals surface area contributed by atoms with Gasteiger partial charge in [0, 0.05) is 30.1 Å². The Labute approximate surface area is 162 Å². The van der Waals surface area contributed by atoms with E-state index >= 15 is 0 Å². The molecule has 0 aliphatic rings. The van der Waals surface area contributed by atoms with Crippen LogP contribution in [0.2, 0.25) is 0 Å². The lowest BCUT2D eigenvalue weighted by Crippen LogP contribution is -2.22. The maximum Gasteiger partial charge on any atom is 0.257 e. The van der Waals surface area contributed by atoms with Crippen LogP contribution in [0.15, 0.2) is 59.5 Å². The number of benzene rings is 2.